The highest BCUT2D eigenvalue weighted by Crippen LogP contribution is 2.17. The van der Waals surface area contributed by atoms with Gasteiger partial charge in [-0.1, -0.05) is 19.9 Å². The molecule has 1 aromatic rings. The van der Waals surface area contributed by atoms with Crippen molar-refractivity contribution in [3.8, 4) is 0 Å². The van der Waals surface area contributed by atoms with E-state index in [9.17, 15) is 0 Å². The summed E-state index contributed by atoms with van der Waals surface area (Å²) >= 11 is 0. The summed E-state index contributed by atoms with van der Waals surface area (Å²) in [6, 6.07) is 5.63. The van der Waals surface area contributed by atoms with E-state index in [0.717, 1.165) is 18.9 Å². The van der Waals surface area contributed by atoms with Crippen molar-refractivity contribution >= 4 is 11.6 Å². The highest BCUT2D eigenvalue weighted by molar-refractivity contribution is 5.42. The van der Waals surface area contributed by atoms with Crippen LogP contribution in [-0.2, 0) is 0 Å². The van der Waals surface area contributed by atoms with Crippen molar-refractivity contribution in [1.29, 1.82) is 0 Å². The van der Waals surface area contributed by atoms with E-state index < -0.39 is 0 Å². The summed E-state index contributed by atoms with van der Waals surface area (Å²) in [4.78, 5) is 6.40. The van der Waals surface area contributed by atoms with Crippen LogP contribution in [0, 0.1) is 5.41 Å². The van der Waals surface area contributed by atoms with Crippen molar-refractivity contribution in [3.63, 3.8) is 0 Å². The van der Waals surface area contributed by atoms with Gasteiger partial charge in [-0.25, -0.2) is 4.98 Å². The summed E-state index contributed by atoms with van der Waals surface area (Å²) in [5.74, 6) is 1.39. The summed E-state index contributed by atoms with van der Waals surface area (Å²) in [6.45, 7) is 6.36. The maximum Gasteiger partial charge on any atom is 0.128 e. The molecule has 0 atom stereocenters. The molecule has 90 valence electrons. The number of rotatable bonds is 5. The van der Waals surface area contributed by atoms with Crippen LogP contribution in [0.25, 0.3) is 0 Å². The monoisotopic (exact) mass is 222 g/mol. The topological polar surface area (TPSA) is 54.2 Å². The van der Waals surface area contributed by atoms with Crippen molar-refractivity contribution in [2.24, 2.45) is 5.41 Å². The number of nitrogen functional groups attached to an aromatic ring is 1. The molecule has 4 nitrogen and oxygen atoms in total. The first kappa shape index (κ1) is 12.8. The third kappa shape index (κ3) is 4.49. The van der Waals surface area contributed by atoms with Gasteiger partial charge in [0.2, 0.25) is 0 Å². The SMILES string of the molecule is CN(C)CC(C)(C)CNc1cccc(N)n1. The van der Waals surface area contributed by atoms with Gasteiger partial charge in [0.1, 0.15) is 11.6 Å². The number of hydrogen-bond acceptors (Lipinski definition) is 4. The average molecular weight is 222 g/mol. The molecule has 1 rings (SSSR count). The average Bonchev–Trinajstić information content (AvgIpc) is 2.13. The van der Waals surface area contributed by atoms with Gasteiger partial charge in [0.25, 0.3) is 0 Å². The van der Waals surface area contributed by atoms with Gasteiger partial charge in [0, 0.05) is 13.1 Å². The van der Waals surface area contributed by atoms with Crippen molar-refractivity contribution in [1.82, 2.24) is 9.88 Å². The van der Waals surface area contributed by atoms with Gasteiger partial charge < -0.3 is 16.0 Å². The molecule has 0 saturated heterocycles. The number of aromatic nitrogens is 1. The lowest BCUT2D eigenvalue weighted by Gasteiger charge is -2.28. The van der Waals surface area contributed by atoms with Crippen LogP contribution in [0.4, 0.5) is 11.6 Å². The Balaban J connectivity index is 2.50. The minimum atomic E-state index is 0.204. The van der Waals surface area contributed by atoms with Crippen LogP contribution >= 0.6 is 0 Å². The van der Waals surface area contributed by atoms with E-state index in [1.165, 1.54) is 0 Å². The van der Waals surface area contributed by atoms with Gasteiger partial charge in [-0.3, -0.25) is 0 Å². The smallest absolute Gasteiger partial charge is 0.128 e. The number of nitrogens with zero attached hydrogens (tertiary/aromatic N) is 2. The largest absolute Gasteiger partial charge is 0.384 e. The second-order valence-electron chi connectivity index (χ2n) is 5.20. The van der Waals surface area contributed by atoms with Crippen LogP contribution in [0.15, 0.2) is 18.2 Å². The highest BCUT2D eigenvalue weighted by Gasteiger charge is 2.18. The zero-order valence-electron chi connectivity index (χ0n) is 10.6. The lowest BCUT2D eigenvalue weighted by Crippen LogP contribution is -2.34. The second kappa shape index (κ2) is 5.16. The number of anilines is 2. The normalized spacial score (nSPS) is 11.8. The molecule has 0 amide bonds. The number of pyridine rings is 1. The van der Waals surface area contributed by atoms with E-state index in [1.807, 2.05) is 12.1 Å². The summed E-state index contributed by atoms with van der Waals surface area (Å²) in [7, 11) is 4.17. The van der Waals surface area contributed by atoms with Crippen molar-refractivity contribution in [3.05, 3.63) is 18.2 Å². The Bertz CT molecular complexity index is 334. The summed E-state index contributed by atoms with van der Waals surface area (Å²) in [5.41, 5.74) is 5.82. The molecule has 1 heterocycles. The molecular weight excluding hydrogens is 200 g/mol. The first-order chi connectivity index (χ1) is 7.39. The van der Waals surface area contributed by atoms with Gasteiger partial charge in [-0.2, -0.15) is 0 Å². The van der Waals surface area contributed by atoms with Crippen LogP contribution in [0.5, 0.6) is 0 Å². The Labute approximate surface area is 97.9 Å². The Hall–Kier alpha value is -1.29. The van der Waals surface area contributed by atoms with E-state index in [4.69, 9.17) is 5.73 Å². The Morgan fingerprint density at radius 2 is 2.06 bits per heavy atom. The van der Waals surface area contributed by atoms with Gasteiger partial charge in [-0.15, -0.1) is 0 Å². The molecule has 1 aromatic heterocycles. The van der Waals surface area contributed by atoms with Crippen LogP contribution in [0.2, 0.25) is 0 Å². The maximum atomic E-state index is 5.62. The van der Waals surface area contributed by atoms with E-state index in [1.54, 1.807) is 6.07 Å². The fraction of sp³-hybridized carbons (Fsp3) is 0.583. The zero-order valence-corrected chi connectivity index (χ0v) is 10.6. The molecule has 0 radical (unpaired) electrons. The lowest BCUT2D eigenvalue weighted by molar-refractivity contribution is 0.254. The molecule has 0 unspecified atom stereocenters. The predicted molar refractivity (Wildman–Crippen MR) is 69.5 cm³/mol. The fourth-order valence-corrected chi connectivity index (χ4v) is 1.79. The fourth-order valence-electron chi connectivity index (χ4n) is 1.79. The summed E-state index contributed by atoms with van der Waals surface area (Å²) in [6.07, 6.45) is 0. The Kier molecular flexibility index (Phi) is 4.12. The van der Waals surface area contributed by atoms with Crippen molar-refractivity contribution < 1.29 is 0 Å². The first-order valence-corrected chi connectivity index (χ1v) is 5.50. The van der Waals surface area contributed by atoms with Crippen molar-refractivity contribution in [2.75, 3.05) is 38.2 Å². The van der Waals surface area contributed by atoms with Crippen LogP contribution in [-0.4, -0.2) is 37.1 Å². The Morgan fingerprint density at radius 3 is 2.62 bits per heavy atom. The number of nitrogens with one attached hydrogen (secondary N) is 1. The number of hydrogen-bond donors (Lipinski definition) is 2. The number of nitrogens with two attached hydrogens (primary N) is 1. The van der Waals surface area contributed by atoms with Crippen LogP contribution < -0.4 is 11.1 Å². The molecule has 3 N–H and O–H groups in total. The van der Waals surface area contributed by atoms with Gasteiger partial charge in [-0.05, 0) is 31.6 Å². The van der Waals surface area contributed by atoms with E-state index in [0.29, 0.717) is 5.82 Å². The standard InChI is InChI=1S/C12H22N4/c1-12(2,9-16(3)4)8-14-11-7-5-6-10(13)15-11/h5-7H,8-9H2,1-4H3,(H3,13,14,15). The minimum absolute atomic E-state index is 0.204. The highest BCUT2D eigenvalue weighted by atomic mass is 15.1. The third-order valence-electron chi connectivity index (χ3n) is 2.26. The zero-order chi connectivity index (χ0) is 12.2. The molecular formula is C12H22N4. The van der Waals surface area contributed by atoms with E-state index >= 15 is 0 Å². The molecule has 4 heteroatoms. The molecule has 0 aliphatic carbocycles. The van der Waals surface area contributed by atoms with Crippen molar-refractivity contribution in [2.45, 2.75) is 13.8 Å². The quantitative estimate of drug-likeness (QED) is 0.795. The van der Waals surface area contributed by atoms with E-state index in [-0.39, 0.29) is 5.41 Å². The van der Waals surface area contributed by atoms with Crippen LogP contribution in [0.3, 0.4) is 0 Å². The molecule has 16 heavy (non-hydrogen) atoms. The molecule has 0 aliphatic heterocycles. The predicted octanol–water partition coefficient (Wildman–Crippen LogP) is 1.66. The minimum Gasteiger partial charge on any atom is -0.384 e. The third-order valence-corrected chi connectivity index (χ3v) is 2.26. The van der Waals surface area contributed by atoms with Crippen LogP contribution in [0.1, 0.15) is 13.8 Å². The molecule has 0 bridgehead atoms. The van der Waals surface area contributed by atoms with Gasteiger partial charge in [0.05, 0.1) is 0 Å². The first-order valence-electron chi connectivity index (χ1n) is 5.50. The molecule has 0 aliphatic rings. The maximum absolute atomic E-state index is 5.62. The molecule has 0 spiro atoms. The summed E-state index contributed by atoms with van der Waals surface area (Å²) in [5, 5.41) is 3.31. The Morgan fingerprint density at radius 1 is 1.38 bits per heavy atom. The molecule has 0 aromatic carbocycles. The van der Waals surface area contributed by atoms with Gasteiger partial charge >= 0.3 is 0 Å². The second-order valence-corrected chi connectivity index (χ2v) is 5.20. The van der Waals surface area contributed by atoms with Gasteiger partial charge in [0.15, 0.2) is 0 Å². The lowest BCUT2D eigenvalue weighted by atomic mass is 9.93. The van der Waals surface area contributed by atoms with E-state index in [2.05, 4.69) is 43.1 Å². The summed E-state index contributed by atoms with van der Waals surface area (Å²) < 4.78 is 0. The molecule has 0 fully saturated rings. The molecule has 0 saturated carbocycles.